The van der Waals surface area contributed by atoms with E-state index >= 15 is 0 Å². The quantitative estimate of drug-likeness (QED) is 0.753. The van der Waals surface area contributed by atoms with Gasteiger partial charge < -0.3 is 0 Å². The standard InChI is InChI=1S/C15H14ClN5O/c16-12-6-2-5-10(19-12)7-11-13(9-3-1-4-9)20-15-17-8-18-21(15)14(11)22/h2,5-6,8-9H,1,3-4,7H2,(H,17,18,20). The molecular weight excluding hydrogens is 302 g/mol. The lowest BCUT2D eigenvalue weighted by Crippen LogP contribution is -2.26. The lowest BCUT2D eigenvalue weighted by Gasteiger charge is -2.26. The number of hydrogen-bond donors (Lipinski definition) is 1. The highest BCUT2D eigenvalue weighted by molar-refractivity contribution is 6.29. The Morgan fingerprint density at radius 1 is 1.32 bits per heavy atom. The van der Waals surface area contributed by atoms with E-state index in [4.69, 9.17) is 11.6 Å². The number of rotatable bonds is 3. The van der Waals surface area contributed by atoms with Gasteiger partial charge in [0.15, 0.2) is 0 Å². The Balaban J connectivity index is 1.86. The van der Waals surface area contributed by atoms with Crippen LogP contribution in [0.25, 0.3) is 5.78 Å². The highest BCUT2D eigenvalue weighted by atomic mass is 35.5. The van der Waals surface area contributed by atoms with Crippen molar-refractivity contribution >= 4 is 17.4 Å². The molecule has 3 aromatic rings. The number of H-pyrrole nitrogens is 1. The lowest BCUT2D eigenvalue weighted by atomic mass is 9.80. The summed E-state index contributed by atoms with van der Waals surface area (Å²) < 4.78 is 1.38. The first-order valence-electron chi connectivity index (χ1n) is 7.29. The molecule has 4 rings (SSSR count). The van der Waals surface area contributed by atoms with Gasteiger partial charge >= 0.3 is 0 Å². The predicted molar refractivity (Wildman–Crippen MR) is 82.3 cm³/mol. The van der Waals surface area contributed by atoms with Gasteiger partial charge in [-0.05, 0) is 25.0 Å². The summed E-state index contributed by atoms with van der Waals surface area (Å²) in [4.78, 5) is 25.7. The average Bonchev–Trinajstić information content (AvgIpc) is 2.90. The van der Waals surface area contributed by atoms with E-state index in [1.165, 1.54) is 17.3 Å². The predicted octanol–water partition coefficient (Wildman–Crippen LogP) is 2.32. The van der Waals surface area contributed by atoms with E-state index in [1.807, 2.05) is 12.1 Å². The Labute approximate surface area is 131 Å². The molecule has 1 fully saturated rings. The van der Waals surface area contributed by atoms with Gasteiger partial charge in [0.1, 0.15) is 11.5 Å². The Kier molecular flexibility index (Phi) is 3.18. The molecule has 0 amide bonds. The van der Waals surface area contributed by atoms with E-state index < -0.39 is 0 Å². The van der Waals surface area contributed by atoms with Crippen LogP contribution in [0.15, 0.2) is 29.3 Å². The number of fused-ring (bicyclic) bond motifs is 1. The number of hydrogen-bond acceptors (Lipinski definition) is 4. The zero-order valence-corrected chi connectivity index (χ0v) is 12.5. The van der Waals surface area contributed by atoms with Crippen LogP contribution < -0.4 is 5.56 Å². The highest BCUT2D eigenvalue weighted by Crippen LogP contribution is 2.36. The maximum absolute atomic E-state index is 12.7. The van der Waals surface area contributed by atoms with Crippen molar-refractivity contribution in [2.24, 2.45) is 0 Å². The zero-order valence-electron chi connectivity index (χ0n) is 11.8. The maximum atomic E-state index is 12.7. The molecule has 0 bridgehead atoms. The van der Waals surface area contributed by atoms with Crippen molar-refractivity contribution in [2.75, 3.05) is 0 Å². The van der Waals surface area contributed by atoms with Crippen LogP contribution in [-0.4, -0.2) is 24.6 Å². The van der Waals surface area contributed by atoms with Crippen LogP contribution in [0.5, 0.6) is 0 Å². The summed E-state index contributed by atoms with van der Waals surface area (Å²) in [7, 11) is 0. The number of nitrogens with one attached hydrogen (secondary N) is 1. The summed E-state index contributed by atoms with van der Waals surface area (Å²) in [5, 5.41) is 3.24. The van der Waals surface area contributed by atoms with Gasteiger partial charge in [-0.1, -0.05) is 24.1 Å². The Morgan fingerprint density at radius 2 is 2.18 bits per heavy atom. The first kappa shape index (κ1) is 13.5. The second-order valence-corrected chi connectivity index (χ2v) is 5.95. The molecule has 1 aliphatic carbocycles. The fourth-order valence-corrected chi connectivity index (χ4v) is 3.00. The van der Waals surface area contributed by atoms with E-state index in [2.05, 4.69) is 20.1 Å². The molecule has 0 aromatic carbocycles. The van der Waals surface area contributed by atoms with E-state index in [0.717, 1.165) is 24.2 Å². The van der Waals surface area contributed by atoms with Crippen LogP contribution in [0.2, 0.25) is 5.15 Å². The molecule has 0 aliphatic heterocycles. The van der Waals surface area contributed by atoms with Crippen molar-refractivity contribution < 1.29 is 0 Å². The summed E-state index contributed by atoms with van der Waals surface area (Å²) in [5.74, 6) is 0.776. The second-order valence-electron chi connectivity index (χ2n) is 5.56. The molecular formula is C15H14ClN5O. The van der Waals surface area contributed by atoms with Crippen molar-refractivity contribution in [1.29, 1.82) is 0 Å². The minimum atomic E-state index is -0.105. The lowest BCUT2D eigenvalue weighted by molar-refractivity contribution is 0.408. The minimum absolute atomic E-state index is 0.105. The molecule has 0 atom stereocenters. The van der Waals surface area contributed by atoms with Gasteiger partial charge in [-0.2, -0.15) is 4.52 Å². The van der Waals surface area contributed by atoms with Gasteiger partial charge in [0.25, 0.3) is 11.3 Å². The smallest absolute Gasteiger partial charge is 0.277 e. The third-order valence-electron chi connectivity index (χ3n) is 4.18. The summed E-state index contributed by atoms with van der Waals surface area (Å²) in [6, 6.07) is 5.44. The van der Waals surface area contributed by atoms with Gasteiger partial charge in [-0.3, -0.25) is 9.89 Å². The summed E-state index contributed by atoms with van der Waals surface area (Å²) in [6.07, 6.45) is 5.24. The van der Waals surface area contributed by atoms with Crippen molar-refractivity contribution in [3.8, 4) is 0 Å². The van der Waals surface area contributed by atoms with Gasteiger partial charge in [0.2, 0.25) is 0 Å². The fraction of sp³-hybridized carbons (Fsp3) is 0.333. The molecule has 3 heterocycles. The summed E-state index contributed by atoms with van der Waals surface area (Å²) in [5.41, 5.74) is 2.21. The third-order valence-corrected chi connectivity index (χ3v) is 4.39. The number of aromatic amines is 1. The molecule has 1 aliphatic rings. The molecule has 0 unspecified atom stereocenters. The van der Waals surface area contributed by atoms with Crippen molar-refractivity contribution in [2.45, 2.75) is 31.6 Å². The SMILES string of the molecule is O=c1c(Cc2cccc(Cl)n2)c(C2CCC2)nc2nc[nH]n12. The first-order chi connectivity index (χ1) is 10.7. The number of aromatic nitrogens is 5. The molecule has 0 saturated heterocycles. The molecule has 22 heavy (non-hydrogen) atoms. The van der Waals surface area contributed by atoms with Crippen LogP contribution >= 0.6 is 11.6 Å². The van der Waals surface area contributed by atoms with Crippen LogP contribution in [0.4, 0.5) is 0 Å². The molecule has 1 saturated carbocycles. The monoisotopic (exact) mass is 315 g/mol. The van der Waals surface area contributed by atoms with E-state index in [0.29, 0.717) is 28.8 Å². The van der Waals surface area contributed by atoms with E-state index in [-0.39, 0.29) is 5.56 Å². The molecule has 7 heteroatoms. The Bertz CT molecular complexity index is 896. The number of nitrogens with zero attached hydrogens (tertiary/aromatic N) is 4. The van der Waals surface area contributed by atoms with Crippen LogP contribution in [0.1, 0.15) is 42.1 Å². The third kappa shape index (κ3) is 2.20. The number of pyridine rings is 1. The summed E-state index contributed by atoms with van der Waals surface area (Å²) in [6.45, 7) is 0. The molecule has 0 radical (unpaired) electrons. The van der Waals surface area contributed by atoms with Crippen LogP contribution in [0.3, 0.4) is 0 Å². The van der Waals surface area contributed by atoms with Gasteiger partial charge in [-0.15, -0.1) is 0 Å². The molecule has 6 nitrogen and oxygen atoms in total. The second kappa shape index (κ2) is 5.21. The van der Waals surface area contributed by atoms with Gasteiger partial charge in [-0.25, -0.2) is 15.0 Å². The largest absolute Gasteiger partial charge is 0.278 e. The topological polar surface area (TPSA) is 75.9 Å². The molecule has 112 valence electrons. The maximum Gasteiger partial charge on any atom is 0.277 e. The van der Waals surface area contributed by atoms with E-state index in [1.54, 1.807) is 6.07 Å². The van der Waals surface area contributed by atoms with Gasteiger partial charge in [0, 0.05) is 23.6 Å². The normalized spacial score (nSPS) is 15.1. The van der Waals surface area contributed by atoms with Crippen LogP contribution in [0, 0.1) is 0 Å². The Hall–Kier alpha value is -2.21. The zero-order chi connectivity index (χ0) is 15.1. The van der Waals surface area contributed by atoms with Gasteiger partial charge in [0.05, 0.1) is 5.69 Å². The summed E-state index contributed by atoms with van der Waals surface area (Å²) >= 11 is 5.94. The minimum Gasteiger partial charge on any atom is -0.278 e. The van der Waals surface area contributed by atoms with Crippen molar-refractivity contribution in [3.05, 3.63) is 57.0 Å². The van der Waals surface area contributed by atoms with Crippen LogP contribution in [-0.2, 0) is 6.42 Å². The van der Waals surface area contributed by atoms with Crippen molar-refractivity contribution in [1.82, 2.24) is 24.6 Å². The molecule has 0 spiro atoms. The fourth-order valence-electron chi connectivity index (χ4n) is 2.82. The molecule has 1 N–H and O–H groups in total. The average molecular weight is 316 g/mol. The first-order valence-corrected chi connectivity index (χ1v) is 7.66. The van der Waals surface area contributed by atoms with E-state index in [9.17, 15) is 4.79 Å². The highest BCUT2D eigenvalue weighted by Gasteiger charge is 2.27. The Morgan fingerprint density at radius 3 is 2.91 bits per heavy atom. The number of halogens is 1. The molecule has 3 aromatic heterocycles. The van der Waals surface area contributed by atoms with Crippen molar-refractivity contribution in [3.63, 3.8) is 0 Å².